The number of halogens is 1. The van der Waals surface area contributed by atoms with E-state index in [4.69, 9.17) is 21.1 Å². The molecule has 1 aromatic rings. The molecular weight excluding hydrogens is 250 g/mol. The molecule has 1 aliphatic heterocycles. The summed E-state index contributed by atoms with van der Waals surface area (Å²) in [5, 5.41) is 0.699. The van der Waals surface area contributed by atoms with Gasteiger partial charge in [-0.05, 0) is 38.7 Å². The van der Waals surface area contributed by atoms with E-state index in [9.17, 15) is 0 Å². The van der Waals surface area contributed by atoms with Crippen LogP contribution in [0.5, 0.6) is 5.75 Å². The smallest absolute Gasteiger partial charge is 0.120 e. The Morgan fingerprint density at radius 1 is 1.44 bits per heavy atom. The van der Waals surface area contributed by atoms with Crippen molar-refractivity contribution in [2.75, 3.05) is 33.9 Å². The van der Waals surface area contributed by atoms with Gasteiger partial charge in [-0.25, -0.2) is 0 Å². The highest BCUT2D eigenvalue weighted by molar-refractivity contribution is 6.30. The first-order valence-electron chi connectivity index (χ1n) is 6.30. The molecule has 0 amide bonds. The molecule has 4 heteroatoms. The molecule has 0 bridgehead atoms. The van der Waals surface area contributed by atoms with E-state index in [1.807, 2.05) is 24.3 Å². The number of benzene rings is 1. The van der Waals surface area contributed by atoms with Crippen molar-refractivity contribution in [3.8, 4) is 5.75 Å². The van der Waals surface area contributed by atoms with Gasteiger partial charge in [-0.3, -0.25) is 0 Å². The van der Waals surface area contributed by atoms with Crippen molar-refractivity contribution in [3.63, 3.8) is 0 Å². The van der Waals surface area contributed by atoms with Crippen LogP contribution in [0.1, 0.15) is 6.42 Å². The van der Waals surface area contributed by atoms with Gasteiger partial charge in [0, 0.05) is 24.1 Å². The molecule has 0 aromatic heterocycles. The molecule has 18 heavy (non-hydrogen) atoms. The van der Waals surface area contributed by atoms with Crippen molar-refractivity contribution in [2.45, 2.75) is 12.5 Å². The summed E-state index contributed by atoms with van der Waals surface area (Å²) in [7, 11) is 4.18. The van der Waals surface area contributed by atoms with E-state index < -0.39 is 0 Å². The Hall–Kier alpha value is -0.770. The number of hydrogen-bond donors (Lipinski definition) is 0. The van der Waals surface area contributed by atoms with Gasteiger partial charge in [-0.15, -0.1) is 0 Å². The van der Waals surface area contributed by atoms with E-state index in [0.29, 0.717) is 17.5 Å². The fourth-order valence-electron chi connectivity index (χ4n) is 2.29. The van der Waals surface area contributed by atoms with Crippen LogP contribution < -0.4 is 4.74 Å². The molecule has 2 atom stereocenters. The lowest BCUT2D eigenvalue weighted by Crippen LogP contribution is -2.31. The minimum atomic E-state index is 0.186. The van der Waals surface area contributed by atoms with E-state index in [1.165, 1.54) is 0 Å². The maximum absolute atomic E-state index is 5.92. The molecule has 1 saturated heterocycles. The van der Waals surface area contributed by atoms with Crippen molar-refractivity contribution in [1.29, 1.82) is 0 Å². The molecular formula is C14H20ClNO2. The van der Waals surface area contributed by atoms with E-state index in [2.05, 4.69) is 19.0 Å². The Morgan fingerprint density at radius 2 is 2.28 bits per heavy atom. The van der Waals surface area contributed by atoms with E-state index in [1.54, 1.807) is 0 Å². The summed E-state index contributed by atoms with van der Waals surface area (Å²) in [5.74, 6) is 1.36. The topological polar surface area (TPSA) is 21.7 Å². The zero-order chi connectivity index (χ0) is 13.0. The van der Waals surface area contributed by atoms with Crippen LogP contribution in [0.25, 0.3) is 0 Å². The highest BCUT2D eigenvalue weighted by atomic mass is 35.5. The van der Waals surface area contributed by atoms with E-state index >= 15 is 0 Å². The van der Waals surface area contributed by atoms with Crippen LogP contribution in [0.2, 0.25) is 5.02 Å². The average molecular weight is 270 g/mol. The summed E-state index contributed by atoms with van der Waals surface area (Å²) in [5.41, 5.74) is 0. The average Bonchev–Trinajstić information content (AvgIpc) is 2.73. The molecule has 1 fully saturated rings. The normalized spacial score (nSPS) is 23.6. The van der Waals surface area contributed by atoms with Crippen LogP contribution in [0.3, 0.4) is 0 Å². The van der Waals surface area contributed by atoms with Crippen LogP contribution in [0.15, 0.2) is 24.3 Å². The van der Waals surface area contributed by atoms with Gasteiger partial charge in [-0.1, -0.05) is 17.7 Å². The monoisotopic (exact) mass is 269 g/mol. The quantitative estimate of drug-likeness (QED) is 0.820. The number of nitrogens with zero attached hydrogens (tertiary/aromatic N) is 1. The minimum absolute atomic E-state index is 0.186. The molecule has 1 aromatic carbocycles. The third kappa shape index (κ3) is 3.87. The van der Waals surface area contributed by atoms with Crippen molar-refractivity contribution in [2.24, 2.45) is 5.92 Å². The lowest BCUT2D eigenvalue weighted by molar-refractivity contribution is 0.0433. The molecule has 1 aliphatic rings. The van der Waals surface area contributed by atoms with Crippen molar-refractivity contribution in [1.82, 2.24) is 4.90 Å². The van der Waals surface area contributed by atoms with E-state index in [0.717, 1.165) is 25.3 Å². The zero-order valence-electron chi connectivity index (χ0n) is 10.9. The van der Waals surface area contributed by atoms with Gasteiger partial charge >= 0.3 is 0 Å². The van der Waals surface area contributed by atoms with Crippen LogP contribution in [-0.2, 0) is 4.74 Å². The molecule has 0 saturated carbocycles. The van der Waals surface area contributed by atoms with Gasteiger partial charge in [0.15, 0.2) is 0 Å². The lowest BCUT2D eigenvalue weighted by Gasteiger charge is -2.22. The van der Waals surface area contributed by atoms with Crippen molar-refractivity contribution in [3.05, 3.63) is 29.3 Å². The highest BCUT2D eigenvalue weighted by Gasteiger charge is 2.29. The molecule has 3 nitrogen and oxygen atoms in total. The minimum Gasteiger partial charge on any atom is -0.491 e. The summed E-state index contributed by atoms with van der Waals surface area (Å²) < 4.78 is 11.5. The van der Waals surface area contributed by atoms with Gasteiger partial charge < -0.3 is 14.4 Å². The molecule has 2 unspecified atom stereocenters. The van der Waals surface area contributed by atoms with Gasteiger partial charge in [0.1, 0.15) is 12.4 Å². The first-order chi connectivity index (χ1) is 8.65. The molecule has 0 radical (unpaired) electrons. The Balaban J connectivity index is 1.85. The Labute approximate surface area is 114 Å². The Bertz CT molecular complexity index is 384. The Kier molecular flexibility index (Phi) is 4.87. The largest absolute Gasteiger partial charge is 0.491 e. The molecule has 2 rings (SSSR count). The molecule has 0 aliphatic carbocycles. The summed E-state index contributed by atoms with van der Waals surface area (Å²) in [4.78, 5) is 2.20. The van der Waals surface area contributed by atoms with Gasteiger partial charge in [0.2, 0.25) is 0 Å². The summed E-state index contributed by atoms with van der Waals surface area (Å²) in [6.45, 7) is 2.48. The fraction of sp³-hybridized carbons (Fsp3) is 0.571. The summed E-state index contributed by atoms with van der Waals surface area (Å²) in [6, 6.07) is 7.49. The van der Waals surface area contributed by atoms with Crippen molar-refractivity contribution >= 4 is 11.6 Å². The maximum atomic E-state index is 5.92. The van der Waals surface area contributed by atoms with Gasteiger partial charge in [0.25, 0.3) is 0 Å². The van der Waals surface area contributed by atoms with Crippen molar-refractivity contribution < 1.29 is 9.47 Å². The predicted octanol–water partition coefficient (Wildman–Crippen LogP) is 2.69. The number of ether oxygens (including phenoxy) is 2. The van der Waals surface area contributed by atoms with Crippen LogP contribution in [0.4, 0.5) is 0 Å². The summed E-state index contributed by atoms with van der Waals surface area (Å²) >= 11 is 5.92. The van der Waals surface area contributed by atoms with E-state index in [-0.39, 0.29) is 6.10 Å². The Morgan fingerprint density at radius 3 is 3.00 bits per heavy atom. The third-order valence-corrected chi connectivity index (χ3v) is 3.39. The molecule has 1 heterocycles. The van der Waals surface area contributed by atoms with Crippen LogP contribution in [-0.4, -0.2) is 44.9 Å². The molecule has 100 valence electrons. The second-order valence-electron chi connectivity index (χ2n) is 4.99. The zero-order valence-corrected chi connectivity index (χ0v) is 11.7. The summed E-state index contributed by atoms with van der Waals surface area (Å²) in [6.07, 6.45) is 1.30. The molecule has 0 N–H and O–H groups in total. The van der Waals surface area contributed by atoms with Gasteiger partial charge in [0.05, 0.1) is 6.10 Å². The molecule has 0 spiro atoms. The standard InChI is InChI=1S/C14H20ClNO2/c1-16(2)9-11-6-7-17-14(11)10-18-13-5-3-4-12(15)8-13/h3-5,8,11,14H,6-7,9-10H2,1-2H3. The third-order valence-electron chi connectivity index (χ3n) is 3.16. The maximum Gasteiger partial charge on any atom is 0.120 e. The predicted molar refractivity (Wildman–Crippen MR) is 73.3 cm³/mol. The van der Waals surface area contributed by atoms with Crippen LogP contribution in [0, 0.1) is 5.92 Å². The highest BCUT2D eigenvalue weighted by Crippen LogP contribution is 2.23. The fourth-order valence-corrected chi connectivity index (χ4v) is 2.47. The lowest BCUT2D eigenvalue weighted by atomic mass is 10.0. The van der Waals surface area contributed by atoms with Gasteiger partial charge in [-0.2, -0.15) is 0 Å². The first kappa shape index (κ1) is 13.7. The van der Waals surface area contributed by atoms with Crippen LogP contribution >= 0.6 is 11.6 Å². The second-order valence-corrected chi connectivity index (χ2v) is 5.43. The SMILES string of the molecule is CN(C)CC1CCOC1COc1cccc(Cl)c1. The number of rotatable bonds is 5. The second kappa shape index (κ2) is 6.41. The number of hydrogen-bond acceptors (Lipinski definition) is 3. The first-order valence-corrected chi connectivity index (χ1v) is 6.67.